The van der Waals surface area contributed by atoms with E-state index in [0.29, 0.717) is 5.75 Å². The molecule has 0 bridgehead atoms. The molecular weight excluding hydrogens is 282 g/mol. The minimum Gasteiger partial charge on any atom is -0.351 e. The molecule has 0 radical (unpaired) electrons. The van der Waals surface area contributed by atoms with Gasteiger partial charge in [-0.3, -0.25) is 4.79 Å². The SMILES string of the molecule is CCn1c(SCC(=O)NC(C)(C)CC)nc2ccccc21. The Kier molecular flexibility index (Phi) is 4.93. The standard InChI is InChI=1S/C16H23N3OS/c1-5-16(3,4)18-14(20)11-21-15-17-12-9-7-8-10-13(12)19(15)6-2/h7-10H,5-6,11H2,1-4H3,(H,18,20). The average molecular weight is 305 g/mol. The quantitative estimate of drug-likeness (QED) is 0.832. The number of thioether (sulfide) groups is 1. The lowest BCUT2D eigenvalue weighted by molar-refractivity contribution is -0.120. The molecule has 114 valence electrons. The number of hydrogen-bond acceptors (Lipinski definition) is 3. The summed E-state index contributed by atoms with van der Waals surface area (Å²) in [6, 6.07) is 8.07. The van der Waals surface area contributed by atoms with Crippen molar-refractivity contribution in [3.05, 3.63) is 24.3 Å². The lowest BCUT2D eigenvalue weighted by Crippen LogP contribution is -2.43. The van der Waals surface area contributed by atoms with Crippen LogP contribution in [-0.2, 0) is 11.3 Å². The first-order valence-corrected chi connectivity index (χ1v) is 8.34. The zero-order valence-corrected chi connectivity index (χ0v) is 14.0. The fraction of sp³-hybridized carbons (Fsp3) is 0.500. The molecule has 2 rings (SSSR count). The molecule has 0 aliphatic rings. The first-order valence-electron chi connectivity index (χ1n) is 7.36. The molecule has 5 heteroatoms. The van der Waals surface area contributed by atoms with Gasteiger partial charge < -0.3 is 9.88 Å². The Balaban J connectivity index is 2.08. The van der Waals surface area contributed by atoms with E-state index in [1.165, 1.54) is 11.8 Å². The van der Waals surface area contributed by atoms with Crippen LogP contribution in [-0.4, -0.2) is 26.8 Å². The zero-order chi connectivity index (χ0) is 15.5. The monoisotopic (exact) mass is 305 g/mol. The summed E-state index contributed by atoms with van der Waals surface area (Å²) in [5, 5.41) is 3.96. The molecule has 0 saturated heterocycles. The van der Waals surface area contributed by atoms with Crippen LogP contribution >= 0.6 is 11.8 Å². The number of amides is 1. The second-order valence-corrected chi connectivity index (χ2v) is 6.64. The van der Waals surface area contributed by atoms with Crippen molar-refractivity contribution >= 4 is 28.7 Å². The van der Waals surface area contributed by atoms with E-state index in [4.69, 9.17) is 0 Å². The van der Waals surface area contributed by atoms with Crippen LogP contribution in [0.15, 0.2) is 29.4 Å². The molecule has 0 fully saturated rings. The molecule has 0 unspecified atom stereocenters. The van der Waals surface area contributed by atoms with Crippen LogP contribution in [0.1, 0.15) is 34.1 Å². The van der Waals surface area contributed by atoms with Crippen molar-refractivity contribution in [3.63, 3.8) is 0 Å². The Hall–Kier alpha value is -1.49. The van der Waals surface area contributed by atoms with E-state index in [-0.39, 0.29) is 11.4 Å². The molecular formula is C16H23N3OS. The summed E-state index contributed by atoms with van der Waals surface area (Å²) in [4.78, 5) is 16.7. The zero-order valence-electron chi connectivity index (χ0n) is 13.1. The minimum atomic E-state index is -0.150. The molecule has 0 spiro atoms. The largest absolute Gasteiger partial charge is 0.351 e. The summed E-state index contributed by atoms with van der Waals surface area (Å²) < 4.78 is 2.15. The molecule has 1 heterocycles. The number of nitrogens with zero attached hydrogens (tertiary/aromatic N) is 2. The van der Waals surface area contributed by atoms with Crippen molar-refractivity contribution in [1.29, 1.82) is 0 Å². The Labute approximate surface area is 130 Å². The van der Waals surface area contributed by atoms with Gasteiger partial charge in [0.05, 0.1) is 16.8 Å². The average Bonchev–Trinajstić information content (AvgIpc) is 2.82. The smallest absolute Gasteiger partial charge is 0.230 e. The fourth-order valence-corrected chi connectivity index (χ4v) is 2.98. The van der Waals surface area contributed by atoms with Crippen LogP contribution < -0.4 is 5.32 Å². The number of carbonyl (C=O) groups is 1. The van der Waals surface area contributed by atoms with Crippen LogP contribution in [0.3, 0.4) is 0 Å². The first kappa shape index (κ1) is 15.9. The topological polar surface area (TPSA) is 46.9 Å². The Morgan fingerprint density at radius 1 is 1.33 bits per heavy atom. The number of aromatic nitrogens is 2. The predicted octanol–water partition coefficient (Wildman–Crippen LogP) is 3.45. The normalized spacial score (nSPS) is 11.8. The molecule has 2 aromatic rings. The molecule has 1 aromatic carbocycles. The van der Waals surface area contributed by atoms with E-state index in [1.807, 2.05) is 32.0 Å². The van der Waals surface area contributed by atoms with E-state index >= 15 is 0 Å². The van der Waals surface area contributed by atoms with E-state index in [0.717, 1.165) is 29.2 Å². The van der Waals surface area contributed by atoms with Crippen LogP contribution in [0.2, 0.25) is 0 Å². The first-order chi connectivity index (χ1) is 9.96. The van der Waals surface area contributed by atoms with Crippen LogP contribution in [0.4, 0.5) is 0 Å². The van der Waals surface area contributed by atoms with Crippen molar-refractivity contribution in [3.8, 4) is 0 Å². The highest BCUT2D eigenvalue weighted by Gasteiger charge is 2.18. The van der Waals surface area contributed by atoms with Crippen molar-refractivity contribution in [2.45, 2.75) is 51.4 Å². The van der Waals surface area contributed by atoms with Gasteiger partial charge >= 0.3 is 0 Å². The van der Waals surface area contributed by atoms with Crippen LogP contribution in [0, 0.1) is 0 Å². The van der Waals surface area contributed by atoms with Gasteiger partial charge in [0.1, 0.15) is 0 Å². The third-order valence-corrected chi connectivity index (χ3v) is 4.61. The highest BCUT2D eigenvalue weighted by atomic mass is 32.2. The summed E-state index contributed by atoms with van der Waals surface area (Å²) in [5.74, 6) is 0.453. The molecule has 1 N–H and O–H groups in total. The summed E-state index contributed by atoms with van der Waals surface area (Å²) >= 11 is 1.50. The van der Waals surface area contributed by atoms with Gasteiger partial charge in [-0.15, -0.1) is 0 Å². The predicted molar refractivity (Wildman–Crippen MR) is 88.6 cm³/mol. The second-order valence-electron chi connectivity index (χ2n) is 5.70. The summed E-state index contributed by atoms with van der Waals surface area (Å²) in [5.41, 5.74) is 1.95. The third-order valence-electron chi connectivity index (χ3n) is 3.63. The lowest BCUT2D eigenvalue weighted by Gasteiger charge is -2.24. The molecule has 1 amide bonds. The number of benzene rings is 1. The molecule has 0 atom stereocenters. The molecule has 0 aliphatic carbocycles. The van der Waals surface area contributed by atoms with Gasteiger partial charge in [0.25, 0.3) is 0 Å². The Morgan fingerprint density at radius 2 is 2.05 bits per heavy atom. The van der Waals surface area contributed by atoms with Crippen molar-refractivity contribution in [1.82, 2.24) is 14.9 Å². The summed E-state index contributed by atoms with van der Waals surface area (Å²) in [7, 11) is 0. The van der Waals surface area contributed by atoms with Gasteiger partial charge in [0.15, 0.2) is 5.16 Å². The maximum Gasteiger partial charge on any atom is 0.230 e. The van der Waals surface area contributed by atoms with Gasteiger partial charge in [0, 0.05) is 12.1 Å². The van der Waals surface area contributed by atoms with E-state index in [1.54, 1.807) is 0 Å². The highest BCUT2D eigenvalue weighted by Crippen LogP contribution is 2.24. The van der Waals surface area contributed by atoms with E-state index in [9.17, 15) is 4.79 Å². The van der Waals surface area contributed by atoms with Gasteiger partial charge in [-0.25, -0.2) is 4.98 Å². The molecule has 4 nitrogen and oxygen atoms in total. The van der Waals surface area contributed by atoms with E-state index < -0.39 is 0 Å². The van der Waals surface area contributed by atoms with E-state index in [2.05, 4.69) is 34.8 Å². The number of rotatable bonds is 6. The lowest BCUT2D eigenvalue weighted by atomic mass is 10.0. The second kappa shape index (κ2) is 6.52. The molecule has 1 aromatic heterocycles. The molecule has 0 aliphatic heterocycles. The highest BCUT2D eigenvalue weighted by molar-refractivity contribution is 7.99. The van der Waals surface area contributed by atoms with Crippen LogP contribution in [0.25, 0.3) is 11.0 Å². The number of carbonyl (C=O) groups excluding carboxylic acids is 1. The van der Waals surface area contributed by atoms with Gasteiger partial charge in [-0.05, 0) is 39.3 Å². The number of hydrogen-bond donors (Lipinski definition) is 1. The van der Waals surface area contributed by atoms with Gasteiger partial charge in [-0.1, -0.05) is 30.8 Å². The number of para-hydroxylation sites is 2. The number of nitrogens with one attached hydrogen (secondary N) is 1. The number of imidazole rings is 1. The number of fused-ring (bicyclic) bond motifs is 1. The Morgan fingerprint density at radius 3 is 2.71 bits per heavy atom. The fourth-order valence-electron chi connectivity index (χ4n) is 2.10. The van der Waals surface area contributed by atoms with Crippen LogP contribution in [0.5, 0.6) is 0 Å². The van der Waals surface area contributed by atoms with Gasteiger partial charge in [-0.2, -0.15) is 0 Å². The minimum absolute atomic E-state index is 0.0570. The van der Waals surface area contributed by atoms with Crippen molar-refractivity contribution in [2.24, 2.45) is 0 Å². The summed E-state index contributed by atoms with van der Waals surface area (Å²) in [6.07, 6.45) is 0.914. The number of aryl methyl sites for hydroxylation is 1. The van der Waals surface area contributed by atoms with Crippen molar-refractivity contribution in [2.75, 3.05) is 5.75 Å². The van der Waals surface area contributed by atoms with Crippen molar-refractivity contribution < 1.29 is 4.79 Å². The Bertz CT molecular complexity index is 633. The molecule has 0 saturated carbocycles. The van der Waals surface area contributed by atoms with Gasteiger partial charge in [0.2, 0.25) is 5.91 Å². The molecule has 21 heavy (non-hydrogen) atoms. The maximum absolute atomic E-state index is 12.0. The maximum atomic E-state index is 12.0. The third kappa shape index (κ3) is 3.79. The summed E-state index contributed by atoms with van der Waals surface area (Å²) in [6.45, 7) is 9.10.